The molecule has 2 aromatic rings. The zero-order chi connectivity index (χ0) is 17.0. The van der Waals surface area contributed by atoms with Gasteiger partial charge in [0.15, 0.2) is 5.11 Å². The number of carbonyl (C=O) groups excluding carboxylic acids is 1. The maximum atomic E-state index is 12.3. The van der Waals surface area contributed by atoms with E-state index >= 15 is 0 Å². The Morgan fingerprint density at radius 3 is 2.48 bits per heavy atom. The number of nitrogens with one attached hydrogen (secondary N) is 2. The van der Waals surface area contributed by atoms with Gasteiger partial charge in [-0.15, -0.1) is 0 Å². The lowest BCUT2D eigenvalue weighted by Crippen LogP contribution is -2.34. The van der Waals surface area contributed by atoms with Crippen LogP contribution in [0, 0.1) is 0 Å². The van der Waals surface area contributed by atoms with Crippen molar-refractivity contribution in [2.24, 2.45) is 0 Å². The van der Waals surface area contributed by atoms with Crippen molar-refractivity contribution in [1.29, 1.82) is 0 Å². The number of benzene rings is 2. The Morgan fingerprint density at radius 1 is 1.09 bits per heavy atom. The fraction of sp³-hybridized carbons (Fsp3) is 0.0667. The van der Waals surface area contributed by atoms with Crippen LogP contribution in [-0.2, 0) is 0 Å². The van der Waals surface area contributed by atoms with Crippen LogP contribution in [-0.4, -0.2) is 18.1 Å². The molecule has 0 unspecified atom stereocenters. The molecule has 23 heavy (non-hydrogen) atoms. The molecule has 0 bridgehead atoms. The molecule has 2 aromatic carbocycles. The molecule has 4 nitrogen and oxygen atoms in total. The molecule has 0 aromatic heterocycles. The zero-order valence-electron chi connectivity index (χ0n) is 11.8. The van der Waals surface area contributed by atoms with E-state index in [2.05, 4.69) is 10.6 Å². The standard InChI is InChI=1S/C15H11Cl3N2O2S/c1-22-13-5-2-8(16)6-10(13)14(21)20-15(23)19-9-3-4-11(17)12(18)7-9/h2-7H,1H3,(H2,19,20,21,23). The minimum atomic E-state index is -0.443. The van der Waals surface area contributed by atoms with Crippen LogP contribution in [0.15, 0.2) is 36.4 Å². The average molecular weight is 390 g/mol. The highest BCUT2D eigenvalue weighted by Crippen LogP contribution is 2.25. The van der Waals surface area contributed by atoms with E-state index in [0.717, 1.165) is 0 Å². The van der Waals surface area contributed by atoms with E-state index in [1.54, 1.807) is 30.3 Å². The van der Waals surface area contributed by atoms with Crippen molar-refractivity contribution in [3.05, 3.63) is 57.0 Å². The Hall–Kier alpha value is -1.53. The second-order valence-corrected chi connectivity index (χ2v) is 6.04. The van der Waals surface area contributed by atoms with Crippen molar-refractivity contribution in [1.82, 2.24) is 5.32 Å². The quantitative estimate of drug-likeness (QED) is 0.742. The summed E-state index contributed by atoms with van der Waals surface area (Å²) in [6, 6.07) is 9.64. The average Bonchev–Trinajstić information content (AvgIpc) is 2.50. The van der Waals surface area contributed by atoms with Crippen molar-refractivity contribution in [2.75, 3.05) is 12.4 Å². The van der Waals surface area contributed by atoms with Gasteiger partial charge in [0.25, 0.3) is 5.91 Å². The number of thiocarbonyl (C=S) groups is 1. The lowest BCUT2D eigenvalue weighted by atomic mass is 10.2. The first-order chi connectivity index (χ1) is 10.9. The van der Waals surface area contributed by atoms with Gasteiger partial charge in [-0.3, -0.25) is 10.1 Å². The van der Waals surface area contributed by atoms with Gasteiger partial charge in [0.2, 0.25) is 0 Å². The van der Waals surface area contributed by atoms with Gasteiger partial charge in [-0.25, -0.2) is 0 Å². The molecule has 0 saturated carbocycles. The first kappa shape index (κ1) is 17.8. The highest BCUT2D eigenvalue weighted by molar-refractivity contribution is 7.80. The zero-order valence-corrected chi connectivity index (χ0v) is 14.9. The van der Waals surface area contributed by atoms with Crippen LogP contribution >= 0.6 is 47.0 Å². The summed E-state index contributed by atoms with van der Waals surface area (Å²) in [5.74, 6) is -0.0499. The van der Waals surface area contributed by atoms with E-state index in [0.29, 0.717) is 26.5 Å². The number of rotatable bonds is 3. The van der Waals surface area contributed by atoms with Crippen molar-refractivity contribution < 1.29 is 9.53 Å². The van der Waals surface area contributed by atoms with Gasteiger partial charge in [-0.2, -0.15) is 0 Å². The molecule has 2 rings (SSSR count). The summed E-state index contributed by atoms with van der Waals surface area (Å²) in [6.07, 6.45) is 0. The molecule has 0 radical (unpaired) electrons. The number of ether oxygens (including phenoxy) is 1. The van der Waals surface area contributed by atoms with Gasteiger partial charge < -0.3 is 10.1 Å². The highest BCUT2D eigenvalue weighted by atomic mass is 35.5. The molecule has 2 N–H and O–H groups in total. The molecule has 120 valence electrons. The van der Waals surface area contributed by atoms with E-state index in [-0.39, 0.29) is 10.7 Å². The Morgan fingerprint density at radius 2 is 1.83 bits per heavy atom. The lowest BCUT2D eigenvalue weighted by molar-refractivity contribution is 0.0975. The second kappa shape index (κ2) is 7.84. The minimum Gasteiger partial charge on any atom is -0.496 e. The summed E-state index contributed by atoms with van der Waals surface area (Å²) in [5, 5.41) is 6.72. The number of carbonyl (C=O) groups is 1. The number of hydrogen-bond donors (Lipinski definition) is 2. The summed E-state index contributed by atoms with van der Waals surface area (Å²) in [7, 11) is 1.46. The van der Waals surface area contributed by atoms with Crippen molar-refractivity contribution >= 4 is 63.7 Å². The fourth-order valence-corrected chi connectivity index (χ4v) is 2.45. The van der Waals surface area contributed by atoms with Crippen LogP contribution < -0.4 is 15.4 Å². The number of halogens is 3. The van der Waals surface area contributed by atoms with Crippen LogP contribution in [0.3, 0.4) is 0 Å². The van der Waals surface area contributed by atoms with Crippen LogP contribution in [0.4, 0.5) is 5.69 Å². The third-order valence-electron chi connectivity index (χ3n) is 2.81. The maximum Gasteiger partial charge on any atom is 0.261 e. The highest BCUT2D eigenvalue weighted by Gasteiger charge is 2.14. The van der Waals surface area contributed by atoms with Gasteiger partial charge in [0.05, 0.1) is 22.7 Å². The minimum absolute atomic E-state index is 0.107. The van der Waals surface area contributed by atoms with Gasteiger partial charge in [-0.1, -0.05) is 34.8 Å². The number of amides is 1. The van der Waals surface area contributed by atoms with Crippen molar-refractivity contribution in [3.63, 3.8) is 0 Å². The Balaban J connectivity index is 2.09. The monoisotopic (exact) mass is 388 g/mol. The van der Waals surface area contributed by atoms with E-state index in [1.165, 1.54) is 13.2 Å². The Kier molecular flexibility index (Phi) is 6.07. The normalized spacial score (nSPS) is 10.1. The molecule has 0 aliphatic carbocycles. The van der Waals surface area contributed by atoms with E-state index < -0.39 is 5.91 Å². The lowest BCUT2D eigenvalue weighted by Gasteiger charge is -2.12. The molecule has 0 aliphatic heterocycles. The van der Waals surface area contributed by atoms with Crippen LogP contribution in [0.2, 0.25) is 15.1 Å². The molecule has 0 heterocycles. The smallest absolute Gasteiger partial charge is 0.261 e. The van der Waals surface area contributed by atoms with E-state index in [9.17, 15) is 4.79 Å². The molecule has 0 aliphatic rings. The van der Waals surface area contributed by atoms with E-state index in [4.69, 9.17) is 51.8 Å². The number of methoxy groups -OCH3 is 1. The van der Waals surface area contributed by atoms with Gasteiger partial charge in [-0.05, 0) is 48.6 Å². The van der Waals surface area contributed by atoms with Crippen LogP contribution in [0.25, 0.3) is 0 Å². The van der Waals surface area contributed by atoms with E-state index in [1.807, 2.05) is 0 Å². The summed E-state index contributed by atoms with van der Waals surface area (Å²) in [5.41, 5.74) is 0.876. The summed E-state index contributed by atoms with van der Waals surface area (Å²) >= 11 is 22.8. The first-order valence-electron chi connectivity index (χ1n) is 6.31. The molecule has 0 spiro atoms. The fourth-order valence-electron chi connectivity index (χ4n) is 1.76. The number of anilines is 1. The van der Waals surface area contributed by atoms with Crippen molar-refractivity contribution in [3.8, 4) is 5.75 Å². The SMILES string of the molecule is COc1ccc(Cl)cc1C(=O)NC(=S)Nc1ccc(Cl)c(Cl)c1. The second-order valence-electron chi connectivity index (χ2n) is 4.38. The Labute approximate surface area is 153 Å². The Bertz CT molecular complexity index is 768. The largest absolute Gasteiger partial charge is 0.496 e. The maximum absolute atomic E-state index is 12.3. The summed E-state index contributed by atoms with van der Waals surface area (Å²) < 4.78 is 5.13. The number of hydrogen-bond acceptors (Lipinski definition) is 3. The van der Waals surface area contributed by atoms with Gasteiger partial charge >= 0.3 is 0 Å². The topological polar surface area (TPSA) is 50.4 Å². The molecular formula is C15H11Cl3N2O2S. The molecule has 1 amide bonds. The van der Waals surface area contributed by atoms with Crippen molar-refractivity contribution in [2.45, 2.75) is 0 Å². The molecular weight excluding hydrogens is 379 g/mol. The summed E-state index contributed by atoms with van der Waals surface area (Å²) in [4.78, 5) is 12.3. The predicted octanol–water partition coefficient (Wildman–Crippen LogP) is 4.78. The third kappa shape index (κ3) is 4.72. The predicted molar refractivity (Wildman–Crippen MR) is 98.2 cm³/mol. The van der Waals surface area contributed by atoms with Crippen LogP contribution in [0.1, 0.15) is 10.4 Å². The summed E-state index contributed by atoms with van der Waals surface area (Å²) in [6.45, 7) is 0. The molecule has 0 saturated heterocycles. The third-order valence-corrected chi connectivity index (χ3v) is 3.99. The molecule has 0 atom stereocenters. The van der Waals surface area contributed by atoms with Gasteiger partial charge in [0, 0.05) is 10.7 Å². The first-order valence-corrected chi connectivity index (χ1v) is 7.86. The van der Waals surface area contributed by atoms with Gasteiger partial charge in [0.1, 0.15) is 5.75 Å². The molecule has 0 fully saturated rings. The molecule has 8 heteroatoms. The van der Waals surface area contributed by atoms with Crippen LogP contribution in [0.5, 0.6) is 5.75 Å².